The van der Waals surface area contributed by atoms with Gasteiger partial charge in [-0.1, -0.05) is 99.7 Å². The molecule has 0 radical (unpaired) electrons. The second-order valence-corrected chi connectivity index (χ2v) is 9.35. The minimum atomic E-state index is -1.24. The zero-order valence-electron chi connectivity index (χ0n) is 22.2. The fraction of sp³-hybridized carbons (Fsp3) is 0.448. The lowest BCUT2D eigenvalue weighted by Crippen LogP contribution is -2.55. The van der Waals surface area contributed by atoms with Gasteiger partial charge in [-0.25, -0.2) is 5.48 Å². The van der Waals surface area contributed by atoms with Gasteiger partial charge in [-0.2, -0.15) is 0 Å². The Bertz CT molecular complexity index is 1020. The van der Waals surface area contributed by atoms with E-state index in [4.69, 9.17) is 0 Å². The molecule has 0 aliphatic heterocycles. The monoisotopic (exact) mass is 524 g/mol. The molecule has 9 nitrogen and oxygen atoms in total. The first-order valence-electron chi connectivity index (χ1n) is 13.2. The smallest absolute Gasteiger partial charge is 0.256 e. The molecular formula is C29H40N4O5. The van der Waals surface area contributed by atoms with Gasteiger partial charge in [-0.05, 0) is 24.0 Å². The van der Waals surface area contributed by atoms with Crippen LogP contribution in [-0.4, -0.2) is 48.0 Å². The maximum atomic E-state index is 13.4. The number of carbonyl (C=O) groups excluding carboxylic acids is 4. The Morgan fingerprint density at radius 3 is 1.79 bits per heavy atom. The van der Waals surface area contributed by atoms with E-state index in [9.17, 15) is 24.4 Å². The van der Waals surface area contributed by atoms with Crippen molar-refractivity contribution in [2.45, 2.75) is 70.4 Å². The summed E-state index contributed by atoms with van der Waals surface area (Å²) in [6.45, 7) is 2.11. The Morgan fingerprint density at radius 2 is 1.24 bits per heavy atom. The van der Waals surface area contributed by atoms with Gasteiger partial charge in [0, 0.05) is 13.5 Å². The summed E-state index contributed by atoms with van der Waals surface area (Å²) in [5.74, 6) is -3.62. The Hall–Kier alpha value is -3.72. The van der Waals surface area contributed by atoms with Gasteiger partial charge in [0.15, 0.2) is 0 Å². The fourth-order valence-corrected chi connectivity index (χ4v) is 4.23. The molecule has 4 amide bonds. The molecule has 0 saturated heterocycles. The molecule has 0 spiro atoms. The van der Waals surface area contributed by atoms with E-state index in [1.165, 1.54) is 7.05 Å². The molecule has 0 aliphatic rings. The number of rotatable bonds is 16. The summed E-state index contributed by atoms with van der Waals surface area (Å²) < 4.78 is 0. The van der Waals surface area contributed by atoms with Crippen LogP contribution in [0.5, 0.6) is 0 Å². The molecule has 9 heteroatoms. The summed E-state index contributed by atoms with van der Waals surface area (Å²) in [7, 11) is 1.50. The highest BCUT2D eigenvalue weighted by Crippen LogP contribution is 2.13. The molecule has 0 heterocycles. The summed E-state index contributed by atoms with van der Waals surface area (Å²) in [5, 5.41) is 17.3. The quantitative estimate of drug-likeness (QED) is 0.0995. The van der Waals surface area contributed by atoms with Crippen molar-refractivity contribution in [2.24, 2.45) is 5.92 Å². The molecular weight excluding hydrogens is 484 g/mol. The number of hydroxylamine groups is 1. The van der Waals surface area contributed by atoms with Crippen molar-refractivity contribution >= 4 is 23.6 Å². The zero-order chi connectivity index (χ0) is 27.8. The first-order chi connectivity index (χ1) is 18.4. The van der Waals surface area contributed by atoms with Crippen LogP contribution < -0.4 is 21.4 Å². The molecule has 0 bridgehead atoms. The van der Waals surface area contributed by atoms with E-state index in [-0.39, 0.29) is 18.7 Å². The summed E-state index contributed by atoms with van der Waals surface area (Å²) in [6.07, 6.45) is 5.44. The average Bonchev–Trinajstić information content (AvgIpc) is 2.94. The van der Waals surface area contributed by atoms with Crippen LogP contribution in [0.25, 0.3) is 0 Å². The lowest BCUT2D eigenvalue weighted by Gasteiger charge is -2.24. The highest BCUT2D eigenvalue weighted by molar-refractivity contribution is 6.02. The third kappa shape index (κ3) is 10.3. The van der Waals surface area contributed by atoms with E-state index in [2.05, 4.69) is 22.9 Å². The molecule has 38 heavy (non-hydrogen) atoms. The average molecular weight is 525 g/mol. The number of likely N-dealkylation sites (N-methyl/N-ethyl adjacent to an activating group) is 1. The number of hydrogen-bond donors (Lipinski definition) is 5. The molecule has 0 fully saturated rings. The molecule has 0 aliphatic carbocycles. The highest BCUT2D eigenvalue weighted by atomic mass is 16.5. The van der Waals surface area contributed by atoms with Gasteiger partial charge in [0.25, 0.3) is 5.91 Å². The van der Waals surface area contributed by atoms with E-state index < -0.39 is 35.7 Å². The minimum absolute atomic E-state index is 0.0543. The molecule has 2 rings (SSSR count). The Morgan fingerprint density at radius 1 is 0.684 bits per heavy atom. The van der Waals surface area contributed by atoms with Crippen LogP contribution in [-0.2, 0) is 32.0 Å². The number of benzene rings is 2. The van der Waals surface area contributed by atoms with Crippen LogP contribution in [0.1, 0.15) is 56.6 Å². The zero-order valence-corrected chi connectivity index (χ0v) is 22.2. The lowest BCUT2D eigenvalue weighted by atomic mass is 9.96. The molecule has 5 N–H and O–H groups in total. The molecule has 3 unspecified atom stereocenters. The molecule has 2 aromatic rings. The van der Waals surface area contributed by atoms with Crippen molar-refractivity contribution in [3.63, 3.8) is 0 Å². The van der Waals surface area contributed by atoms with Gasteiger partial charge in [0.1, 0.15) is 18.0 Å². The molecule has 0 saturated carbocycles. The van der Waals surface area contributed by atoms with Crippen LogP contribution in [0.2, 0.25) is 0 Å². The third-order valence-electron chi connectivity index (χ3n) is 6.42. The summed E-state index contributed by atoms with van der Waals surface area (Å²) in [4.78, 5) is 51.6. The Balaban J connectivity index is 2.19. The summed E-state index contributed by atoms with van der Waals surface area (Å²) in [5.41, 5.74) is 3.18. The topological polar surface area (TPSA) is 137 Å². The normalized spacial score (nSPS) is 13.0. The van der Waals surface area contributed by atoms with Gasteiger partial charge in [-0.15, -0.1) is 0 Å². The minimum Gasteiger partial charge on any atom is -0.357 e. The molecule has 3 atom stereocenters. The largest absolute Gasteiger partial charge is 0.357 e. The standard InChI is InChI=1S/C29H40N4O5/c1-3-4-5-6-13-18-24(29(37)32-25(28(36)30-2)20-22-16-11-8-12-17-22)31-26(34)23(27(35)33-38)19-21-14-9-7-10-15-21/h7-12,14-17,23-25,38H,3-6,13,18-20H2,1-2H3,(H,30,36)(H,31,34)(H,32,37)(H,33,35). The van der Waals surface area contributed by atoms with Gasteiger partial charge < -0.3 is 16.0 Å². The van der Waals surface area contributed by atoms with Crippen LogP contribution in [0.15, 0.2) is 60.7 Å². The van der Waals surface area contributed by atoms with Crippen molar-refractivity contribution in [1.82, 2.24) is 21.4 Å². The highest BCUT2D eigenvalue weighted by Gasteiger charge is 2.32. The predicted octanol–water partition coefficient (Wildman–Crippen LogP) is 2.67. The number of hydrogen-bond acceptors (Lipinski definition) is 5. The van der Waals surface area contributed by atoms with Gasteiger partial charge in [0.2, 0.25) is 17.7 Å². The van der Waals surface area contributed by atoms with Gasteiger partial charge >= 0.3 is 0 Å². The van der Waals surface area contributed by atoms with Crippen LogP contribution >= 0.6 is 0 Å². The number of unbranched alkanes of at least 4 members (excludes halogenated alkanes) is 4. The van der Waals surface area contributed by atoms with Crippen LogP contribution in [0, 0.1) is 5.92 Å². The maximum Gasteiger partial charge on any atom is 0.256 e. The van der Waals surface area contributed by atoms with Crippen molar-refractivity contribution < 1.29 is 24.4 Å². The summed E-state index contributed by atoms with van der Waals surface area (Å²) in [6, 6.07) is 16.5. The Kier molecular flexibility index (Phi) is 13.6. The van der Waals surface area contributed by atoms with E-state index >= 15 is 0 Å². The van der Waals surface area contributed by atoms with Crippen molar-refractivity contribution in [3.8, 4) is 0 Å². The first-order valence-corrected chi connectivity index (χ1v) is 13.2. The third-order valence-corrected chi connectivity index (χ3v) is 6.42. The number of amides is 4. The van der Waals surface area contributed by atoms with Crippen molar-refractivity contribution in [2.75, 3.05) is 7.05 Å². The lowest BCUT2D eigenvalue weighted by molar-refractivity contribution is -0.142. The SMILES string of the molecule is CCCCCCCC(NC(=O)C(Cc1ccccc1)C(=O)NO)C(=O)NC(Cc1ccccc1)C(=O)NC. The van der Waals surface area contributed by atoms with Crippen molar-refractivity contribution in [3.05, 3.63) is 71.8 Å². The fourth-order valence-electron chi connectivity index (χ4n) is 4.23. The van der Waals surface area contributed by atoms with E-state index in [0.717, 1.165) is 36.8 Å². The first kappa shape index (κ1) is 30.5. The second-order valence-electron chi connectivity index (χ2n) is 9.35. The van der Waals surface area contributed by atoms with Gasteiger partial charge in [-0.3, -0.25) is 24.4 Å². The van der Waals surface area contributed by atoms with E-state index in [1.807, 2.05) is 36.4 Å². The summed E-state index contributed by atoms with van der Waals surface area (Å²) >= 11 is 0. The van der Waals surface area contributed by atoms with Crippen LogP contribution in [0.3, 0.4) is 0 Å². The molecule has 206 valence electrons. The molecule has 0 aromatic heterocycles. The van der Waals surface area contributed by atoms with Crippen LogP contribution in [0.4, 0.5) is 0 Å². The Labute approximate surface area is 224 Å². The second kappa shape index (κ2) is 16.9. The predicted molar refractivity (Wildman–Crippen MR) is 145 cm³/mol. The maximum absolute atomic E-state index is 13.4. The van der Waals surface area contributed by atoms with Gasteiger partial charge in [0.05, 0.1) is 0 Å². The van der Waals surface area contributed by atoms with Crippen molar-refractivity contribution in [1.29, 1.82) is 0 Å². The number of nitrogens with one attached hydrogen (secondary N) is 4. The van der Waals surface area contributed by atoms with E-state index in [0.29, 0.717) is 12.8 Å². The number of carbonyl (C=O) groups is 4. The van der Waals surface area contributed by atoms with E-state index in [1.54, 1.807) is 29.7 Å². The molecule has 2 aromatic carbocycles.